The number of para-hydroxylation sites is 1. The van der Waals surface area contributed by atoms with Crippen LogP contribution in [-0.4, -0.2) is 4.57 Å². The van der Waals surface area contributed by atoms with Gasteiger partial charge in [0.1, 0.15) is 0 Å². The first-order valence-corrected chi connectivity index (χ1v) is 6.68. The zero-order valence-electron chi connectivity index (χ0n) is 11.1. The lowest BCUT2D eigenvalue weighted by Crippen LogP contribution is -2.28. The van der Waals surface area contributed by atoms with Gasteiger partial charge in [0.15, 0.2) is 0 Å². The summed E-state index contributed by atoms with van der Waals surface area (Å²) in [6.45, 7) is 4.03. The van der Waals surface area contributed by atoms with E-state index in [2.05, 4.69) is 0 Å². The number of aromatic nitrogens is 1. The topological polar surface area (TPSA) is 48.0 Å². The summed E-state index contributed by atoms with van der Waals surface area (Å²) in [5.41, 5.74) is 8.62. The predicted octanol–water partition coefficient (Wildman–Crippen LogP) is 2.82. The van der Waals surface area contributed by atoms with Crippen LogP contribution in [0.25, 0.3) is 5.69 Å². The van der Waals surface area contributed by atoms with E-state index in [1.807, 2.05) is 44.2 Å². The average molecular weight is 277 g/mol. The predicted molar refractivity (Wildman–Crippen MR) is 79.1 cm³/mol. The Bertz CT molecular complexity index is 647. The van der Waals surface area contributed by atoms with E-state index in [4.69, 9.17) is 17.3 Å². The van der Waals surface area contributed by atoms with Crippen LogP contribution >= 0.6 is 11.6 Å². The Kier molecular flexibility index (Phi) is 4.08. The molecule has 0 amide bonds. The molecule has 0 fully saturated rings. The SMILES string of the molecule is CCc1c(Cl)c(C)c(CN)c(=O)n1-c1ccccc1. The second kappa shape index (κ2) is 5.59. The van der Waals surface area contributed by atoms with Crippen molar-refractivity contribution in [2.24, 2.45) is 5.73 Å². The van der Waals surface area contributed by atoms with Crippen molar-refractivity contribution < 1.29 is 0 Å². The smallest absolute Gasteiger partial charge is 0.260 e. The fraction of sp³-hybridized carbons (Fsp3) is 0.267. The maximum Gasteiger partial charge on any atom is 0.260 e. The third-order valence-electron chi connectivity index (χ3n) is 3.32. The lowest BCUT2D eigenvalue weighted by Gasteiger charge is -2.17. The second-order valence-corrected chi connectivity index (χ2v) is 4.78. The number of pyridine rings is 1. The third kappa shape index (κ3) is 2.31. The minimum Gasteiger partial charge on any atom is -0.326 e. The van der Waals surface area contributed by atoms with Crippen molar-refractivity contribution in [2.75, 3.05) is 0 Å². The van der Waals surface area contributed by atoms with E-state index >= 15 is 0 Å². The lowest BCUT2D eigenvalue weighted by molar-refractivity contribution is 0.839. The van der Waals surface area contributed by atoms with E-state index < -0.39 is 0 Å². The number of nitrogens with zero attached hydrogens (tertiary/aromatic N) is 1. The molecule has 19 heavy (non-hydrogen) atoms. The Labute approximate surface area is 117 Å². The molecule has 0 atom stereocenters. The number of rotatable bonds is 3. The molecule has 0 aliphatic heterocycles. The fourth-order valence-electron chi connectivity index (χ4n) is 2.27. The van der Waals surface area contributed by atoms with E-state index in [9.17, 15) is 4.79 Å². The fourth-order valence-corrected chi connectivity index (χ4v) is 2.60. The summed E-state index contributed by atoms with van der Waals surface area (Å²) in [6.07, 6.45) is 0.689. The molecule has 1 aromatic heterocycles. The minimum absolute atomic E-state index is 0.0764. The largest absolute Gasteiger partial charge is 0.326 e. The first kappa shape index (κ1) is 13.8. The molecule has 0 unspecified atom stereocenters. The van der Waals surface area contributed by atoms with E-state index in [1.165, 1.54) is 0 Å². The summed E-state index contributed by atoms with van der Waals surface area (Å²) >= 11 is 6.39. The zero-order chi connectivity index (χ0) is 14.0. The average Bonchev–Trinajstić information content (AvgIpc) is 2.44. The maximum absolute atomic E-state index is 12.6. The summed E-state index contributed by atoms with van der Waals surface area (Å²) in [5.74, 6) is 0. The quantitative estimate of drug-likeness (QED) is 0.937. The van der Waals surface area contributed by atoms with E-state index in [-0.39, 0.29) is 12.1 Å². The lowest BCUT2D eigenvalue weighted by atomic mass is 10.1. The van der Waals surface area contributed by atoms with Crippen LogP contribution in [0.15, 0.2) is 35.1 Å². The van der Waals surface area contributed by atoms with Gasteiger partial charge in [-0.25, -0.2) is 0 Å². The molecule has 2 rings (SSSR count). The van der Waals surface area contributed by atoms with Crippen LogP contribution in [-0.2, 0) is 13.0 Å². The standard InChI is InChI=1S/C15H17ClN2O/c1-3-13-14(16)10(2)12(9-17)15(19)18(13)11-7-5-4-6-8-11/h4-8H,3,9,17H2,1-2H3. The van der Waals surface area contributed by atoms with E-state index in [1.54, 1.807) is 4.57 Å². The normalized spacial score (nSPS) is 10.7. The van der Waals surface area contributed by atoms with Gasteiger partial charge in [-0.1, -0.05) is 36.7 Å². The summed E-state index contributed by atoms with van der Waals surface area (Å²) in [7, 11) is 0. The molecule has 2 N–H and O–H groups in total. The molecule has 1 aromatic carbocycles. The van der Waals surface area contributed by atoms with Crippen molar-refractivity contribution in [3.05, 3.63) is 62.5 Å². The molecule has 0 radical (unpaired) electrons. The van der Waals surface area contributed by atoms with Gasteiger partial charge < -0.3 is 5.73 Å². The highest BCUT2D eigenvalue weighted by Crippen LogP contribution is 2.24. The van der Waals surface area contributed by atoms with Gasteiger partial charge in [0.2, 0.25) is 0 Å². The Morgan fingerprint density at radius 2 is 1.89 bits per heavy atom. The Hall–Kier alpha value is -1.58. The highest BCUT2D eigenvalue weighted by molar-refractivity contribution is 6.32. The third-order valence-corrected chi connectivity index (χ3v) is 3.82. The number of hydrogen-bond donors (Lipinski definition) is 1. The summed E-state index contributed by atoms with van der Waals surface area (Å²) in [4.78, 5) is 12.6. The minimum atomic E-state index is -0.0764. The van der Waals surface area contributed by atoms with Gasteiger partial charge in [0, 0.05) is 23.5 Å². The molecule has 4 heteroatoms. The molecular formula is C15H17ClN2O. The molecule has 0 spiro atoms. The van der Waals surface area contributed by atoms with Crippen LogP contribution < -0.4 is 11.3 Å². The molecule has 2 aromatic rings. The van der Waals surface area contributed by atoms with Crippen molar-refractivity contribution in [1.82, 2.24) is 4.57 Å². The van der Waals surface area contributed by atoms with Crippen molar-refractivity contribution >= 4 is 11.6 Å². The van der Waals surface area contributed by atoms with Crippen molar-refractivity contribution in [3.63, 3.8) is 0 Å². The van der Waals surface area contributed by atoms with Gasteiger partial charge in [0.05, 0.1) is 5.02 Å². The highest BCUT2D eigenvalue weighted by Gasteiger charge is 2.17. The number of benzene rings is 1. The highest BCUT2D eigenvalue weighted by atomic mass is 35.5. The first-order valence-electron chi connectivity index (χ1n) is 6.30. The molecule has 0 aliphatic rings. The summed E-state index contributed by atoms with van der Waals surface area (Å²) in [5, 5.41) is 0.631. The van der Waals surface area contributed by atoms with Crippen LogP contribution in [0, 0.1) is 6.92 Å². The molecule has 1 heterocycles. The summed E-state index contributed by atoms with van der Waals surface area (Å²) in [6, 6.07) is 9.51. The van der Waals surface area contributed by atoms with Crippen LogP contribution in [0.2, 0.25) is 5.02 Å². The van der Waals surface area contributed by atoms with Crippen LogP contribution in [0.1, 0.15) is 23.7 Å². The number of hydrogen-bond acceptors (Lipinski definition) is 2. The van der Waals surface area contributed by atoms with Crippen LogP contribution in [0.5, 0.6) is 0 Å². The van der Waals surface area contributed by atoms with Crippen LogP contribution in [0.3, 0.4) is 0 Å². The zero-order valence-corrected chi connectivity index (χ0v) is 11.9. The molecule has 0 bridgehead atoms. The van der Waals surface area contributed by atoms with E-state index in [0.29, 0.717) is 17.0 Å². The Morgan fingerprint density at radius 3 is 2.42 bits per heavy atom. The summed E-state index contributed by atoms with van der Waals surface area (Å²) < 4.78 is 1.66. The number of nitrogens with two attached hydrogens (primary N) is 1. The Morgan fingerprint density at radius 1 is 1.26 bits per heavy atom. The van der Waals surface area contributed by atoms with Crippen molar-refractivity contribution in [1.29, 1.82) is 0 Å². The van der Waals surface area contributed by atoms with Crippen molar-refractivity contribution in [2.45, 2.75) is 26.8 Å². The molecule has 0 aliphatic carbocycles. The van der Waals surface area contributed by atoms with Gasteiger partial charge >= 0.3 is 0 Å². The van der Waals surface area contributed by atoms with Gasteiger partial charge in [-0.3, -0.25) is 9.36 Å². The molecule has 3 nitrogen and oxygen atoms in total. The number of halogens is 1. The molecular weight excluding hydrogens is 260 g/mol. The monoisotopic (exact) mass is 276 g/mol. The van der Waals surface area contributed by atoms with Gasteiger partial charge in [-0.15, -0.1) is 0 Å². The molecule has 0 saturated heterocycles. The Balaban J connectivity index is 2.87. The molecule has 100 valence electrons. The van der Waals surface area contributed by atoms with Crippen molar-refractivity contribution in [3.8, 4) is 5.69 Å². The van der Waals surface area contributed by atoms with Crippen LogP contribution in [0.4, 0.5) is 0 Å². The van der Waals surface area contributed by atoms with Gasteiger partial charge in [-0.2, -0.15) is 0 Å². The van der Waals surface area contributed by atoms with Gasteiger partial charge in [0.25, 0.3) is 5.56 Å². The van der Waals surface area contributed by atoms with E-state index in [0.717, 1.165) is 16.9 Å². The maximum atomic E-state index is 12.6. The second-order valence-electron chi connectivity index (χ2n) is 4.40. The first-order chi connectivity index (χ1) is 9.11. The molecule has 0 saturated carbocycles. The van der Waals surface area contributed by atoms with Gasteiger partial charge in [-0.05, 0) is 31.0 Å².